The first-order valence-electron chi connectivity index (χ1n) is 9.58. The second-order valence-electron chi connectivity index (χ2n) is 7.85. The summed E-state index contributed by atoms with van der Waals surface area (Å²) in [6.45, 7) is 14.6. The van der Waals surface area contributed by atoms with Crippen LogP contribution in [0.25, 0.3) is 0 Å². The second kappa shape index (κ2) is 7.97. The van der Waals surface area contributed by atoms with E-state index in [1.165, 1.54) is 64.6 Å². The predicted octanol–water partition coefficient (Wildman–Crippen LogP) is 4.30. The first kappa shape index (κ1) is 17.3. The summed E-state index contributed by atoms with van der Waals surface area (Å²) in [6.07, 6.45) is 9.84. The summed E-state index contributed by atoms with van der Waals surface area (Å²) >= 11 is 0. The van der Waals surface area contributed by atoms with E-state index in [0.717, 1.165) is 24.4 Å². The summed E-state index contributed by atoms with van der Waals surface area (Å²) in [5.41, 5.74) is 0.664. The van der Waals surface area contributed by atoms with E-state index in [-0.39, 0.29) is 0 Å². The van der Waals surface area contributed by atoms with Crippen LogP contribution in [0.1, 0.15) is 72.6 Å². The number of hydrogen-bond donors (Lipinski definition) is 1. The number of nitrogens with one attached hydrogen (secondary N) is 1. The zero-order valence-corrected chi connectivity index (χ0v) is 15.0. The van der Waals surface area contributed by atoms with Crippen molar-refractivity contribution in [1.82, 2.24) is 10.2 Å². The van der Waals surface area contributed by atoms with E-state index in [0.29, 0.717) is 5.41 Å². The van der Waals surface area contributed by atoms with Gasteiger partial charge in [0.15, 0.2) is 0 Å². The summed E-state index contributed by atoms with van der Waals surface area (Å²) in [5.74, 6) is 1.81. The lowest BCUT2D eigenvalue weighted by molar-refractivity contribution is 0.0670. The molecule has 2 heteroatoms. The Morgan fingerprint density at radius 1 is 1.05 bits per heavy atom. The number of rotatable bonds is 6. The molecular formula is C19H38N2. The summed E-state index contributed by atoms with van der Waals surface area (Å²) in [5, 5.41) is 3.76. The zero-order valence-electron chi connectivity index (χ0n) is 15.0. The van der Waals surface area contributed by atoms with Crippen LogP contribution in [-0.4, -0.2) is 37.1 Å². The van der Waals surface area contributed by atoms with Gasteiger partial charge in [0.2, 0.25) is 0 Å². The van der Waals surface area contributed by atoms with Crippen molar-refractivity contribution in [2.75, 3.05) is 26.2 Å². The molecule has 0 aromatic heterocycles. The summed E-state index contributed by atoms with van der Waals surface area (Å²) in [4.78, 5) is 2.77. The highest BCUT2D eigenvalue weighted by molar-refractivity contribution is 4.89. The number of hydrogen-bond acceptors (Lipinski definition) is 2. The summed E-state index contributed by atoms with van der Waals surface area (Å²) < 4.78 is 0. The van der Waals surface area contributed by atoms with E-state index in [1.54, 1.807) is 0 Å². The third-order valence-corrected chi connectivity index (χ3v) is 6.62. The first-order valence-corrected chi connectivity index (χ1v) is 9.58. The van der Waals surface area contributed by atoms with Crippen molar-refractivity contribution < 1.29 is 0 Å². The Morgan fingerprint density at radius 3 is 2.29 bits per heavy atom. The molecular weight excluding hydrogens is 256 g/mol. The smallest absolute Gasteiger partial charge is 0.0108 e. The average molecular weight is 295 g/mol. The normalized spacial score (nSPS) is 34.0. The first-order chi connectivity index (χ1) is 10.1. The maximum atomic E-state index is 3.76. The molecule has 1 aliphatic carbocycles. The van der Waals surface area contributed by atoms with Gasteiger partial charge in [0.25, 0.3) is 0 Å². The molecule has 2 nitrogen and oxygen atoms in total. The van der Waals surface area contributed by atoms with Gasteiger partial charge in [-0.1, -0.05) is 40.5 Å². The molecule has 0 spiro atoms. The van der Waals surface area contributed by atoms with Crippen LogP contribution in [0, 0.1) is 17.3 Å². The molecule has 2 fully saturated rings. The largest absolute Gasteiger partial charge is 0.314 e. The Balaban J connectivity index is 1.85. The van der Waals surface area contributed by atoms with Gasteiger partial charge >= 0.3 is 0 Å². The Kier molecular flexibility index (Phi) is 6.55. The molecule has 0 aromatic rings. The molecule has 124 valence electrons. The fraction of sp³-hybridized carbons (Fsp3) is 1.00. The van der Waals surface area contributed by atoms with E-state index in [9.17, 15) is 0 Å². The van der Waals surface area contributed by atoms with Gasteiger partial charge in [0, 0.05) is 12.6 Å². The highest BCUT2D eigenvalue weighted by Crippen LogP contribution is 2.39. The van der Waals surface area contributed by atoms with Crippen LogP contribution >= 0.6 is 0 Å². The molecule has 21 heavy (non-hydrogen) atoms. The minimum Gasteiger partial charge on any atom is -0.314 e. The molecule has 1 saturated heterocycles. The molecule has 1 aliphatic heterocycles. The maximum Gasteiger partial charge on any atom is 0.0108 e. The standard InChI is InChI=1S/C19H38N2/c1-5-19(6-2)10-12-21(13-11-19)15-17-14-16(4)8-9-18(17)20-7-3/h16-18,20H,5-15H2,1-4H3. The van der Waals surface area contributed by atoms with Crippen molar-refractivity contribution in [3.8, 4) is 0 Å². The van der Waals surface area contributed by atoms with Gasteiger partial charge in [-0.25, -0.2) is 0 Å². The van der Waals surface area contributed by atoms with Crippen LogP contribution in [-0.2, 0) is 0 Å². The van der Waals surface area contributed by atoms with Gasteiger partial charge in [0.1, 0.15) is 0 Å². The van der Waals surface area contributed by atoms with Crippen molar-refractivity contribution in [3.63, 3.8) is 0 Å². The highest BCUT2D eigenvalue weighted by atomic mass is 15.1. The van der Waals surface area contributed by atoms with Gasteiger partial charge in [-0.15, -0.1) is 0 Å². The summed E-state index contributed by atoms with van der Waals surface area (Å²) in [7, 11) is 0. The Morgan fingerprint density at radius 2 is 1.71 bits per heavy atom. The molecule has 3 unspecified atom stereocenters. The van der Waals surface area contributed by atoms with Gasteiger partial charge in [-0.2, -0.15) is 0 Å². The Bertz CT molecular complexity index is 288. The number of likely N-dealkylation sites (tertiary alicyclic amines) is 1. The van der Waals surface area contributed by atoms with E-state index in [2.05, 4.69) is 37.9 Å². The topological polar surface area (TPSA) is 15.3 Å². The molecule has 2 rings (SSSR count). The van der Waals surface area contributed by atoms with Gasteiger partial charge in [0.05, 0.1) is 0 Å². The Hall–Kier alpha value is -0.0800. The van der Waals surface area contributed by atoms with Gasteiger partial charge < -0.3 is 10.2 Å². The number of piperidine rings is 1. The van der Waals surface area contributed by atoms with Crippen molar-refractivity contribution in [1.29, 1.82) is 0 Å². The van der Waals surface area contributed by atoms with E-state index in [4.69, 9.17) is 0 Å². The third-order valence-electron chi connectivity index (χ3n) is 6.62. The van der Waals surface area contributed by atoms with E-state index < -0.39 is 0 Å². The quantitative estimate of drug-likeness (QED) is 0.785. The zero-order chi connectivity index (χ0) is 15.3. The van der Waals surface area contributed by atoms with Gasteiger partial charge in [-0.05, 0) is 69.0 Å². The minimum absolute atomic E-state index is 0.664. The van der Waals surface area contributed by atoms with Crippen molar-refractivity contribution in [2.45, 2.75) is 78.7 Å². The van der Waals surface area contributed by atoms with Gasteiger partial charge in [-0.3, -0.25) is 0 Å². The number of nitrogens with zero attached hydrogens (tertiary/aromatic N) is 1. The lowest BCUT2D eigenvalue weighted by Gasteiger charge is -2.44. The average Bonchev–Trinajstić information content (AvgIpc) is 2.51. The van der Waals surface area contributed by atoms with Crippen LogP contribution < -0.4 is 5.32 Å². The lowest BCUT2D eigenvalue weighted by atomic mass is 9.73. The predicted molar refractivity (Wildman–Crippen MR) is 92.7 cm³/mol. The highest BCUT2D eigenvalue weighted by Gasteiger charge is 2.34. The van der Waals surface area contributed by atoms with Crippen LogP contribution in [0.4, 0.5) is 0 Å². The molecule has 0 amide bonds. The fourth-order valence-electron chi connectivity index (χ4n) is 4.73. The molecule has 0 bridgehead atoms. The SMILES string of the molecule is CCNC1CCC(C)CC1CN1CCC(CC)(CC)CC1. The summed E-state index contributed by atoms with van der Waals surface area (Å²) in [6, 6.07) is 0.773. The second-order valence-corrected chi connectivity index (χ2v) is 7.85. The lowest BCUT2D eigenvalue weighted by Crippen LogP contribution is -2.48. The van der Waals surface area contributed by atoms with E-state index >= 15 is 0 Å². The van der Waals surface area contributed by atoms with Crippen LogP contribution in [0.2, 0.25) is 0 Å². The Labute approximate surface area is 133 Å². The molecule has 1 saturated carbocycles. The molecule has 0 aromatic carbocycles. The third kappa shape index (κ3) is 4.45. The monoisotopic (exact) mass is 294 g/mol. The van der Waals surface area contributed by atoms with Crippen LogP contribution in [0.5, 0.6) is 0 Å². The van der Waals surface area contributed by atoms with Crippen molar-refractivity contribution >= 4 is 0 Å². The fourth-order valence-corrected chi connectivity index (χ4v) is 4.73. The van der Waals surface area contributed by atoms with Crippen LogP contribution in [0.15, 0.2) is 0 Å². The van der Waals surface area contributed by atoms with Crippen molar-refractivity contribution in [2.24, 2.45) is 17.3 Å². The minimum atomic E-state index is 0.664. The van der Waals surface area contributed by atoms with Crippen molar-refractivity contribution in [3.05, 3.63) is 0 Å². The molecule has 3 atom stereocenters. The molecule has 0 radical (unpaired) electrons. The molecule has 1 N–H and O–H groups in total. The molecule has 1 heterocycles. The molecule has 2 aliphatic rings. The van der Waals surface area contributed by atoms with E-state index in [1.807, 2.05) is 0 Å². The van der Waals surface area contributed by atoms with Crippen LogP contribution in [0.3, 0.4) is 0 Å². The maximum absolute atomic E-state index is 3.76.